The fourth-order valence-corrected chi connectivity index (χ4v) is 2.15. The Balaban J connectivity index is 2.78. The van der Waals surface area contributed by atoms with Crippen molar-refractivity contribution in [1.82, 2.24) is 9.88 Å². The van der Waals surface area contributed by atoms with Gasteiger partial charge in [-0.3, -0.25) is 9.78 Å². The number of nitrogens with zero attached hydrogens (tertiary/aromatic N) is 2. The number of thiocarbonyl (C=S) groups is 1. The van der Waals surface area contributed by atoms with Crippen molar-refractivity contribution < 1.29 is 4.79 Å². The van der Waals surface area contributed by atoms with Crippen LogP contribution in [0.4, 0.5) is 0 Å². The number of hydrogen-bond donors (Lipinski definition) is 1. The molecule has 104 valence electrons. The van der Waals surface area contributed by atoms with Gasteiger partial charge >= 0.3 is 0 Å². The second-order valence-electron chi connectivity index (χ2n) is 4.42. The van der Waals surface area contributed by atoms with Crippen LogP contribution in [-0.4, -0.2) is 27.3 Å². The average Bonchev–Trinajstić information content (AvgIpc) is 2.42. The minimum absolute atomic E-state index is 0.00232. The Morgan fingerprint density at radius 1 is 1.47 bits per heavy atom. The van der Waals surface area contributed by atoms with E-state index in [1.165, 1.54) is 0 Å². The summed E-state index contributed by atoms with van der Waals surface area (Å²) >= 11 is 5.01. The average molecular weight is 279 g/mol. The molecule has 0 spiro atoms. The maximum Gasteiger partial charge on any atom is 0.232 e. The van der Waals surface area contributed by atoms with Crippen molar-refractivity contribution in [3.05, 3.63) is 30.1 Å². The molecule has 0 saturated carbocycles. The van der Waals surface area contributed by atoms with Gasteiger partial charge in [-0.05, 0) is 25.5 Å². The highest BCUT2D eigenvalue weighted by Crippen LogP contribution is 2.13. The Morgan fingerprint density at radius 2 is 2.21 bits per heavy atom. The molecule has 0 aliphatic carbocycles. The van der Waals surface area contributed by atoms with Gasteiger partial charge in [0.25, 0.3) is 0 Å². The highest BCUT2D eigenvalue weighted by Gasteiger charge is 2.25. The Hall–Kier alpha value is -1.49. The predicted molar refractivity (Wildman–Crippen MR) is 80.5 cm³/mol. The van der Waals surface area contributed by atoms with E-state index in [4.69, 9.17) is 18.0 Å². The maximum atomic E-state index is 12.4. The smallest absolute Gasteiger partial charge is 0.232 e. The van der Waals surface area contributed by atoms with Gasteiger partial charge in [0.05, 0.1) is 23.1 Å². The van der Waals surface area contributed by atoms with Crippen LogP contribution < -0.4 is 5.73 Å². The molecular weight excluding hydrogens is 258 g/mol. The van der Waals surface area contributed by atoms with E-state index >= 15 is 0 Å². The van der Waals surface area contributed by atoms with Gasteiger partial charge in [-0.2, -0.15) is 0 Å². The molecule has 0 bridgehead atoms. The van der Waals surface area contributed by atoms with E-state index in [0.29, 0.717) is 19.5 Å². The first-order valence-corrected chi connectivity index (χ1v) is 6.99. The van der Waals surface area contributed by atoms with Crippen LogP contribution in [0.25, 0.3) is 0 Å². The lowest BCUT2D eigenvalue weighted by atomic mass is 10.0. The third-order valence-corrected chi connectivity index (χ3v) is 3.28. The highest BCUT2D eigenvalue weighted by molar-refractivity contribution is 7.80. The monoisotopic (exact) mass is 279 g/mol. The van der Waals surface area contributed by atoms with Crippen LogP contribution in [0.1, 0.15) is 32.4 Å². The second kappa shape index (κ2) is 7.84. The van der Waals surface area contributed by atoms with Crippen molar-refractivity contribution in [2.75, 3.05) is 6.54 Å². The van der Waals surface area contributed by atoms with Crippen LogP contribution in [0.3, 0.4) is 0 Å². The molecule has 1 aromatic rings. The van der Waals surface area contributed by atoms with Gasteiger partial charge in [0, 0.05) is 12.7 Å². The van der Waals surface area contributed by atoms with Crippen molar-refractivity contribution >= 4 is 23.1 Å². The minimum Gasteiger partial charge on any atom is -0.393 e. The summed E-state index contributed by atoms with van der Waals surface area (Å²) in [6, 6.07) is 5.68. The molecule has 0 radical (unpaired) electrons. The lowest BCUT2D eigenvalue weighted by Crippen LogP contribution is -2.40. The summed E-state index contributed by atoms with van der Waals surface area (Å²) in [5.74, 6) is -0.355. The molecule has 1 amide bonds. The molecule has 0 aliphatic rings. The Kier molecular flexibility index (Phi) is 6.42. The van der Waals surface area contributed by atoms with Crippen LogP contribution in [0.2, 0.25) is 0 Å². The Morgan fingerprint density at radius 3 is 2.68 bits per heavy atom. The van der Waals surface area contributed by atoms with Gasteiger partial charge in [-0.25, -0.2) is 0 Å². The van der Waals surface area contributed by atoms with Crippen molar-refractivity contribution in [1.29, 1.82) is 0 Å². The van der Waals surface area contributed by atoms with Gasteiger partial charge in [0.15, 0.2) is 0 Å². The first-order chi connectivity index (χ1) is 9.10. The Bertz CT molecular complexity index is 422. The molecule has 19 heavy (non-hydrogen) atoms. The summed E-state index contributed by atoms with van der Waals surface area (Å²) in [5.41, 5.74) is 6.55. The molecule has 0 saturated heterocycles. The number of hydrogen-bond acceptors (Lipinski definition) is 3. The number of aromatic nitrogens is 1. The van der Waals surface area contributed by atoms with E-state index in [9.17, 15) is 4.79 Å². The number of carbonyl (C=O) groups is 1. The van der Waals surface area contributed by atoms with E-state index in [1.54, 1.807) is 11.1 Å². The topological polar surface area (TPSA) is 59.2 Å². The summed E-state index contributed by atoms with van der Waals surface area (Å²) in [5, 5.41) is 0. The predicted octanol–water partition coefficient (Wildman–Crippen LogP) is 2.13. The zero-order valence-electron chi connectivity index (χ0n) is 11.5. The van der Waals surface area contributed by atoms with Gasteiger partial charge in [0.1, 0.15) is 0 Å². The molecule has 0 aromatic carbocycles. The second-order valence-corrected chi connectivity index (χ2v) is 4.89. The Labute approximate surface area is 120 Å². The largest absolute Gasteiger partial charge is 0.393 e. The van der Waals surface area contributed by atoms with E-state index in [-0.39, 0.29) is 16.8 Å². The molecule has 0 fully saturated rings. The van der Waals surface area contributed by atoms with Gasteiger partial charge < -0.3 is 10.6 Å². The summed E-state index contributed by atoms with van der Waals surface area (Å²) in [7, 11) is 0. The lowest BCUT2D eigenvalue weighted by Gasteiger charge is -2.25. The number of rotatable bonds is 7. The molecular formula is C14H21N3OS. The lowest BCUT2D eigenvalue weighted by molar-refractivity contribution is -0.134. The molecule has 4 nitrogen and oxygen atoms in total. The number of carbonyl (C=O) groups excluding carboxylic acids is 1. The van der Waals surface area contributed by atoms with Crippen molar-refractivity contribution in [3.63, 3.8) is 0 Å². The highest BCUT2D eigenvalue weighted by atomic mass is 32.1. The number of nitrogens with two attached hydrogens (primary N) is 1. The van der Waals surface area contributed by atoms with Gasteiger partial charge in [-0.1, -0.05) is 31.6 Å². The van der Waals surface area contributed by atoms with Crippen LogP contribution in [0.15, 0.2) is 24.4 Å². The van der Waals surface area contributed by atoms with Crippen LogP contribution in [0.5, 0.6) is 0 Å². The number of pyridine rings is 1. The first-order valence-electron chi connectivity index (χ1n) is 6.58. The fourth-order valence-electron chi connectivity index (χ4n) is 1.93. The molecule has 1 heterocycles. The quantitative estimate of drug-likeness (QED) is 0.777. The first kappa shape index (κ1) is 15.6. The fraction of sp³-hybridized carbons (Fsp3) is 0.500. The zero-order chi connectivity index (χ0) is 14.3. The summed E-state index contributed by atoms with van der Waals surface area (Å²) in [6.07, 6.45) is 3.31. The third kappa shape index (κ3) is 4.59. The van der Waals surface area contributed by atoms with Gasteiger partial charge in [-0.15, -0.1) is 0 Å². The summed E-state index contributed by atoms with van der Waals surface area (Å²) < 4.78 is 0. The van der Waals surface area contributed by atoms with E-state index in [1.807, 2.05) is 32.0 Å². The molecule has 0 aliphatic heterocycles. The van der Waals surface area contributed by atoms with Crippen LogP contribution in [-0.2, 0) is 11.3 Å². The van der Waals surface area contributed by atoms with Crippen LogP contribution in [0, 0.1) is 5.92 Å². The normalized spacial score (nSPS) is 11.9. The number of amides is 1. The minimum atomic E-state index is -0.358. The SMILES string of the molecule is CCCC(C(=O)N(CC)Cc1ccccn1)C(N)=S. The van der Waals surface area contributed by atoms with E-state index in [2.05, 4.69) is 4.98 Å². The molecule has 5 heteroatoms. The molecule has 1 aromatic heterocycles. The maximum absolute atomic E-state index is 12.4. The van der Waals surface area contributed by atoms with E-state index < -0.39 is 0 Å². The summed E-state index contributed by atoms with van der Waals surface area (Å²) in [4.78, 5) is 18.7. The zero-order valence-corrected chi connectivity index (χ0v) is 12.3. The third-order valence-electron chi connectivity index (χ3n) is 2.99. The molecule has 1 rings (SSSR count). The van der Waals surface area contributed by atoms with Crippen LogP contribution >= 0.6 is 12.2 Å². The van der Waals surface area contributed by atoms with Crippen molar-refractivity contribution in [2.45, 2.75) is 33.2 Å². The summed E-state index contributed by atoms with van der Waals surface area (Å²) in [6.45, 7) is 5.09. The van der Waals surface area contributed by atoms with E-state index in [0.717, 1.165) is 12.1 Å². The molecule has 1 atom stereocenters. The molecule has 1 unspecified atom stereocenters. The molecule has 2 N–H and O–H groups in total. The van der Waals surface area contributed by atoms with Crippen molar-refractivity contribution in [3.8, 4) is 0 Å². The standard InChI is InChI=1S/C14H21N3OS/c1-3-7-12(13(15)19)14(18)17(4-2)10-11-8-5-6-9-16-11/h5-6,8-9,12H,3-4,7,10H2,1-2H3,(H2,15,19). The van der Waals surface area contributed by atoms with Crippen molar-refractivity contribution in [2.24, 2.45) is 11.7 Å². The van der Waals surface area contributed by atoms with Gasteiger partial charge in [0.2, 0.25) is 5.91 Å².